The van der Waals surface area contributed by atoms with Gasteiger partial charge in [-0.15, -0.1) is 17.0 Å². The van der Waals surface area contributed by atoms with Gasteiger partial charge in [-0.2, -0.15) is 0 Å². The minimum atomic E-state index is -0.473. The molecule has 0 radical (unpaired) electrons. The highest BCUT2D eigenvalue weighted by molar-refractivity contribution is 8.93. The monoisotopic (exact) mass is 616 g/mol. The Bertz CT molecular complexity index is 1080. The lowest BCUT2D eigenvalue weighted by Crippen LogP contribution is -2.36. The molecule has 0 aromatic heterocycles. The average Bonchev–Trinajstić information content (AvgIpc) is 3.31. The molecule has 0 saturated carbocycles. The van der Waals surface area contributed by atoms with E-state index in [2.05, 4.69) is 4.90 Å². The second-order valence-electron chi connectivity index (χ2n) is 7.78. The summed E-state index contributed by atoms with van der Waals surface area (Å²) >= 11 is 25.7. The van der Waals surface area contributed by atoms with Crippen LogP contribution in [0.15, 0.2) is 85.2 Å². The molecular formula is C26H25BrCl4N2O2. The third kappa shape index (κ3) is 7.69. The molecule has 9 heteroatoms. The summed E-state index contributed by atoms with van der Waals surface area (Å²) < 4.78 is 12.1. The molecule has 4 rings (SSSR count). The van der Waals surface area contributed by atoms with Crippen LogP contribution in [-0.2, 0) is 11.3 Å². The predicted octanol–water partition coefficient (Wildman–Crippen LogP) is 8.17. The molecule has 1 aliphatic rings. The zero-order valence-electron chi connectivity index (χ0n) is 18.7. The zero-order valence-corrected chi connectivity index (χ0v) is 23.4. The quantitative estimate of drug-likeness (QED) is 0.169. The number of alkyl halides is 1. The fourth-order valence-corrected chi connectivity index (χ4v) is 4.57. The van der Waals surface area contributed by atoms with Crippen LogP contribution >= 0.6 is 63.4 Å². The average molecular weight is 619 g/mol. The van der Waals surface area contributed by atoms with Crippen molar-refractivity contribution in [2.24, 2.45) is 0 Å². The number of halogens is 5. The second-order valence-corrected chi connectivity index (χ2v) is 9.48. The van der Waals surface area contributed by atoms with E-state index in [1.807, 2.05) is 71.9 Å². The summed E-state index contributed by atoms with van der Waals surface area (Å²) in [6.45, 7) is 2.14. The molecule has 0 N–H and O–H groups in total. The van der Waals surface area contributed by atoms with E-state index in [0.29, 0.717) is 28.3 Å². The number of ether oxygens (including phenoxy) is 2. The molecule has 1 heterocycles. The Kier molecular flexibility index (Phi) is 10.9. The van der Waals surface area contributed by atoms with Crippen LogP contribution in [0.5, 0.6) is 5.75 Å². The first-order valence-corrected chi connectivity index (χ1v) is 12.4. The molecule has 186 valence electrons. The molecule has 3 aromatic rings. The number of nitrogens with zero attached hydrogens (tertiary/aromatic N) is 2. The van der Waals surface area contributed by atoms with Gasteiger partial charge in [0.2, 0.25) is 0 Å². The van der Waals surface area contributed by atoms with Gasteiger partial charge in [-0.05, 0) is 42.0 Å². The van der Waals surface area contributed by atoms with Crippen LogP contribution in [0.4, 0.5) is 0 Å². The summed E-state index contributed by atoms with van der Waals surface area (Å²) in [4.78, 5) is 4.17. The van der Waals surface area contributed by atoms with E-state index in [4.69, 9.17) is 55.9 Å². The maximum atomic E-state index is 6.96. The highest BCUT2D eigenvalue weighted by Crippen LogP contribution is 2.33. The SMILES string of the molecule is Br.Clc1ccc(C(OCc2c(Cl)cccc2Cl)C(Cl)N2C=CN(CCOc3ccccc3)C2)cc1. The number of hydrogen-bond donors (Lipinski definition) is 0. The van der Waals surface area contributed by atoms with Crippen LogP contribution in [0.3, 0.4) is 0 Å². The summed E-state index contributed by atoms with van der Waals surface area (Å²) in [5.41, 5.74) is 1.16. The second kappa shape index (κ2) is 13.6. The minimum absolute atomic E-state index is 0. The van der Waals surface area contributed by atoms with Crippen LogP contribution in [0.1, 0.15) is 17.2 Å². The molecule has 2 atom stereocenters. The number of benzene rings is 3. The van der Waals surface area contributed by atoms with E-state index >= 15 is 0 Å². The van der Waals surface area contributed by atoms with E-state index in [9.17, 15) is 0 Å². The van der Waals surface area contributed by atoms with Gasteiger partial charge in [-0.1, -0.05) is 82.8 Å². The fraction of sp³-hybridized carbons (Fsp3) is 0.231. The topological polar surface area (TPSA) is 24.9 Å². The largest absolute Gasteiger partial charge is 0.492 e. The Morgan fingerprint density at radius 3 is 2.20 bits per heavy atom. The minimum Gasteiger partial charge on any atom is -0.492 e. The number of rotatable bonds is 10. The van der Waals surface area contributed by atoms with E-state index in [0.717, 1.165) is 23.4 Å². The van der Waals surface area contributed by atoms with Crippen molar-refractivity contribution >= 4 is 63.4 Å². The van der Waals surface area contributed by atoms with Gasteiger partial charge in [0.1, 0.15) is 24.0 Å². The van der Waals surface area contributed by atoms with Crippen molar-refractivity contribution in [3.8, 4) is 5.75 Å². The van der Waals surface area contributed by atoms with Crippen molar-refractivity contribution in [2.75, 3.05) is 19.8 Å². The third-order valence-corrected chi connectivity index (χ3v) is 6.88. The summed E-state index contributed by atoms with van der Waals surface area (Å²) in [7, 11) is 0. The Morgan fingerprint density at radius 1 is 0.829 bits per heavy atom. The van der Waals surface area contributed by atoms with Gasteiger partial charge < -0.3 is 19.3 Å². The highest BCUT2D eigenvalue weighted by Gasteiger charge is 2.29. The summed E-state index contributed by atoms with van der Waals surface area (Å²) in [6.07, 6.45) is 3.53. The summed E-state index contributed by atoms with van der Waals surface area (Å²) in [6, 6.07) is 22.6. The van der Waals surface area contributed by atoms with Crippen LogP contribution in [0.2, 0.25) is 15.1 Å². The molecule has 2 unspecified atom stereocenters. The van der Waals surface area contributed by atoms with Crippen LogP contribution in [-0.4, -0.2) is 35.1 Å². The van der Waals surface area contributed by atoms with Crippen LogP contribution in [0.25, 0.3) is 0 Å². The van der Waals surface area contributed by atoms with E-state index < -0.39 is 11.6 Å². The molecule has 35 heavy (non-hydrogen) atoms. The zero-order chi connectivity index (χ0) is 23.9. The van der Waals surface area contributed by atoms with Crippen molar-refractivity contribution < 1.29 is 9.47 Å². The van der Waals surface area contributed by atoms with Gasteiger partial charge >= 0.3 is 0 Å². The van der Waals surface area contributed by atoms with Crippen molar-refractivity contribution in [2.45, 2.75) is 18.2 Å². The van der Waals surface area contributed by atoms with Crippen molar-refractivity contribution in [1.82, 2.24) is 9.80 Å². The van der Waals surface area contributed by atoms with E-state index in [1.54, 1.807) is 18.2 Å². The molecule has 0 amide bonds. The number of para-hydroxylation sites is 1. The van der Waals surface area contributed by atoms with Crippen molar-refractivity contribution in [1.29, 1.82) is 0 Å². The lowest BCUT2D eigenvalue weighted by molar-refractivity contribution is 0.00654. The highest BCUT2D eigenvalue weighted by atomic mass is 79.9. The molecular weight excluding hydrogens is 594 g/mol. The van der Waals surface area contributed by atoms with Gasteiger partial charge in [-0.25, -0.2) is 0 Å². The van der Waals surface area contributed by atoms with Crippen LogP contribution in [0, 0.1) is 0 Å². The predicted molar refractivity (Wildman–Crippen MR) is 150 cm³/mol. The van der Waals surface area contributed by atoms with Gasteiger partial charge in [0, 0.05) is 33.0 Å². The first-order chi connectivity index (χ1) is 16.5. The van der Waals surface area contributed by atoms with Crippen molar-refractivity contribution in [3.05, 3.63) is 111 Å². The molecule has 1 aliphatic heterocycles. The third-order valence-electron chi connectivity index (χ3n) is 5.44. The Balaban J connectivity index is 0.00000342. The molecule has 0 fully saturated rings. The lowest BCUT2D eigenvalue weighted by atomic mass is 10.1. The van der Waals surface area contributed by atoms with E-state index in [1.165, 1.54) is 0 Å². The maximum Gasteiger partial charge on any atom is 0.135 e. The maximum absolute atomic E-state index is 6.96. The first-order valence-electron chi connectivity index (χ1n) is 10.8. The van der Waals surface area contributed by atoms with E-state index in [-0.39, 0.29) is 23.6 Å². The molecule has 0 aliphatic carbocycles. The molecule has 3 aromatic carbocycles. The lowest BCUT2D eigenvalue weighted by Gasteiger charge is -2.31. The standard InChI is InChI=1S/C26H24Cl4N2O2.BrH/c27-20-11-9-19(10-12-20)25(34-17-22-23(28)7-4-8-24(22)29)26(30)32-14-13-31(18-32)15-16-33-21-5-2-1-3-6-21;/h1-14,25-26H,15-18H2;1H. The summed E-state index contributed by atoms with van der Waals surface area (Å²) in [5, 5.41) is 1.76. The smallest absolute Gasteiger partial charge is 0.135 e. The van der Waals surface area contributed by atoms with Gasteiger partial charge in [-0.3, -0.25) is 0 Å². The fourth-order valence-electron chi connectivity index (χ4n) is 3.59. The Morgan fingerprint density at radius 2 is 1.51 bits per heavy atom. The molecule has 0 spiro atoms. The van der Waals surface area contributed by atoms with Gasteiger partial charge in [0.15, 0.2) is 0 Å². The van der Waals surface area contributed by atoms with Crippen molar-refractivity contribution in [3.63, 3.8) is 0 Å². The first kappa shape index (κ1) is 28.0. The molecule has 0 saturated heterocycles. The Hall–Kier alpha value is -1.60. The Labute approximate surface area is 236 Å². The van der Waals surface area contributed by atoms with Crippen LogP contribution < -0.4 is 4.74 Å². The molecule has 0 bridgehead atoms. The normalized spacial score (nSPS) is 14.5. The molecule has 4 nitrogen and oxygen atoms in total. The summed E-state index contributed by atoms with van der Waals surface area (Å²) in [5.74, 6) is 0.854. The van der Waals surface area contributed by atoms with Gasteiger partial charge in [0.25, 0.3) is 0 Å². The number of hydrogen-bond acceptors (Lipinski definition) is 4. The van der Waals surface area contributed by atoms with Gasteiger partial charge in [0.05, 0.1) is 19.8 Å².